The molecule has 0 aliphatic carbocycles. The highest BCUT2D eigenvalue weighted by atomic mass is 32.1. The number of halogens is 1. The fourth-order valence-corrected chi connectivity index (χ4v) is 1.69. The molecule has 2 rings (SSSR count). The maximum Gasteiger partial charge on any atom is 0.262 e. The number of H-pyrrole nitrogens is 1. The van der Waals surface area contributed by atoms with E-state index in [1.54, 1.807) is 0 Å². The zero-order valence-corrected chi connectivity index (χ0v) is 9.52. The van der Waals surface area contributed by atoms with Crippen LogP contribution in [0.1, 0.15) is 0 Å². The average molecular weight is 240 g/mol. The first kappa shape index (κ1) is 10.8. The van der Waals surface area contributed by atoms with Gasteiger partial charge in [-0.05, 0) is 18.3 Å². The molecule has 0 saturated carbocycles. The number of rotatable bonds is 1. The van der Waals surface area contributed by atoms with E-state index in [2.05, 4.69) is 4.98 Å². The van der Waals surface area contributed by atoms with E-state index in [-0.39, 0.29) is 21.5 Å². The molecule has 6 heteroatoms. The molecular weight excluding hydrogens is 231 g/mol. The van der Waals surface area contributed by atoms with Gasteiger partial charge in [0.05, 0.1) is 18.0 Å². The average Bonchev–Trinajstić information content (AvgIpc) is 2.26. The second-order valence-electron chi connectivity index (χ2n) is 3.32. The molecule has 1 heterocycles. The zero-order chi connectivity index (χ0) is 11.9. The Kier molecular flexibility index (Phi) is 2.51. The van der Waals surface area contributed by atoms with Gasteiger partial charge in [-0.25, -0.2) is 4.39 Å². The van der Waals surface area contributed by atoms with E-state index in [4.69, 9.17) is 17.0 Å². The molecule has 0 bridgehead atoms. The van der Waals surface area contributed by atoms with Crippen LogP contribution in [0.5, 0.6) is 5.75 Å². The van der Waals surface area contributed by atoms with Crippen molar-refractivity contribution in [1.29, 1.82) is 0 Å². The maximum atomic E-state index is 13.2. The van der Waals surface area contributed by atoms with Crippen molar-refractivity contribution < 1.29 is 9.13 Å². The van der Waals surface area contributed by atoms with E-state index in [0.29, 0.717) is 5.52 Å². The molecule has 0 atom stereocenters. The van der Waals surface area contributed by atoms with Crippen molar-refractivity contribution in [3.8, 4) is 5.75 Å². The van der Waals surface area contributed by atoms with Crippen molar-refractivity contribution >= 4 is 23.1 Å². The Bertz CT molecular complexity index is 675. The van der Waals surface area contributed by atoms with Gasteiger partial charge in [-0.1, -0.05) is 0 Å². The van der Waals surface area contributed by atoms with Crippen LogP contribution in [0.2, 0.25) is 0 Å². The lowest BCUT2D eigenvalue weighted by Crippen LogP contribution is -2.19. The topological polar surface area (TPSA) is 47.0 Å². The van der Waals surface area contributed by atoms with Gasteiger partial charge in [0.1, 0.15) is 11.6 Å². The third kappa shape index (κ3) is 1.51. The largest absolute Gasteiger partial charge is 0.494 e. The number of nitrogens with one attached hydrogen (secondary N) is 1. The van der Waals surface area contributed by atoms with E-state index in [1.165, 1.54) is 24.8 Å². The molecular formula is C10H9FN2O2S. The summed E-state index contributed by atoms with van der Waals surface area (Å²) >= 11 is 4.97. The minimum atomic E-state index is -0.521. The van der Waals surface area contributed by atoms with Crippen LogP contribution in [0.4, 0.5) is 4.39 Å². The summed E-state index contributed by atoms with van der Waals surface area (Å²) in [5, 5.41) is 0.216. The minimum absolute atomic E-state index is 0.216. The maximum absolute atomic E-state index is 13.2. The summed E-state index contributed by atoms with van der Waals surface area (Å²) < 4.78 is 19.7. The van der Waals surface area contributed by atoms with E-state index >= 15 is 0 Å². The monoisotopic (exact) mass is 240 g/mol. The highest BCUT2D eigenvalue weighted by Gasteiger charge is 2.09. The second-order valence-corrected chi connectivity index (χ2v) is 3.71. The Balaban J connectivity index is 3.07. The van der Waals surface area contributed by atoms with Crippen molar-refractivity contribution in [1.82, 2.24) is 9.55 Å². The molecule has 0 amide bonds. The van der Waals surface area contributed by atoms with Crippen LogP contribution in [0.3, 0.4) is 0 Å². The van der Waals surface area contributed by atoms with Crippen molar-refractivity contribution in [2.45, 2.75) is 0 Å². The van der Waals surface area contributed by atoms with E-state index < -0.39 is 5.82 Å². The molecule has 1 aromatic heterocycles. The van der Waals surface area contributed by atoms with Crippen molar-refractivity contribution in [3.05, 3.63) is 33.1 Å². The number of hydrogen-bond acceptors (Lipinski definition) is 3. The summed E-state index contributed by atoms with van der Waals surface area (Å²) in [5.74, 6) is -0.259. The van der Waals surface area contributed by atoms with Crippen LogP contribution < -0.4 is 10.3 Å². The number of nitrogens with zero attached hydrogens (tertiary/aromatic N) is 1. The Morgan fingerprint density at radius 1 is 1.50 bits per heavy atom. The molecule has 16 heavy (non-hydrogen) atoms. The van der Waals surface area contributed by atoms with Crippen molar-refractivity contribution in [3.63, 3.8) is 0 Å². The molecule has 0 fully saturated rings. The molecule has 2 aromatic rings. The Morgan fingerprint density at radius 3 is 2.81 bits per heavy atom. The van der Waals surface area contributed by atoms with E-state index in [9.17, 15) is 9.18 Å². The first-order valence-corrected chi connectivity index (χ1v) is 4.92. The number of hydrogen-bond donors (Lipinski definition) is 1. The van der Waals surface area contributed by atoms with Crippen LogP contribution in [0.15, 0.2) is 16.9 Å². The first-order valence-electron chi connectivity index (χ1n) is 4.51. The van der Waals surface area contributed by atoms with Gasteiger partial charge >= 0.3 is 0 Å². The summed E-state index contributed by atoms with van der Waals surface area (Å²) in [5.41, 5.74) is 0.0635. The number of fused-ring (bicyclic) bond motifs is 1. The standard InChI is InChI=1S/C10H9FN2O2S/c1-13-9(14)6-3-5(11)4-7(15-2)8(6)12-10(13)16/h3-4H,1-2H3,(H,12,16). The molecule has 1 aromatic carbocycles. The Morgan fingerprint density at radius 2 is 2.19 bits per heavy atom. The van der Waals surface area contributed by atoms with E-state index in [1.807, 2.05) is 0 Å². The van der Waals surface area contributed by atoms with Gasteiger partial charge in [0.2, 0.25) is 0 Å². The lowest BCUT2D eigenvalue weighted by molar-refractivity contribution is 0.415. The lowest BCUT2D eigenvalue weighted by atomic mass is 10.2. The molecule has 4 nitrogen and oxygen atoms in total. The second kappa shape index (κ2) is 3.71. The smallest absolute Gasteiger partial charge is 0.262 e. The normalized spacial score (nSPS) is 10.7. The van der Waals surface area contributed by atoms with Crippen LogP contribution in [-0.2, 0) is 7.05 Å². The van der Waals surface area contributed by atoms with Gasteiger partial charge in [0, 0.05) is 13.1 Å². The van der Waals surface area contributed by atoms with Gasteiger partial charge in [0.25, 0.3) is 5.56 Å². The van der Waals surface area contributed by atoms with Crippen molar-refractivity contribution in [2.24, 2.45) is 7.05 Å². The summed E-state index contributed by atoms with van der Waals surface area (Å²) in [6.45, 7) is 0. The van der Waals surface area contributed by atoms with Gasteiger partial charge in [0.15, 0.2) is 4.77 Å². The molecule has 1 N–H and O–H groups in total. The molecule has 0 aliphatic heterocycles. The highest BCUT2D eigenvalue weighted by Crippen LogP contribution is 2.22. The Hall–Kier alpha value is -1.69. The van der Waals surface area contributed by atoms with E-state index in [0.717, 1.165) is 6.07 Å². The van der Waals surface area contributed by atoms with Crippen molar-refractivity contribution in [2.75, 3.05) is 7.11 Å². The van der Waals surface area contributed by atoms with Gasteiger partial charge < -0.3 is 9.72 Å². The van der Waals surface area contributed by atoms with Crippen LogP contribution in [-0.4, -0.2) is 16.7 Å². The minimum Gasteiger partial charge on any atom is -0.494 e. The molecule has 84 valence electrons. The third-order valence-electron chi connectivity index (χ3n) is 2.36. The predicted octanol–water partition coefficient (Wildman–Crippen LogP) is 1.74. The quantitative estimate of drug-likeness (QED) is 0.772. The molecule has 0 spiro atoms. The fraction of sp³-hybridized carbons (Fsp3) is 0.200. The van der Waals surface area contributed by atoms with Crippen LogP contribution >= 0.6 is 12.2 Å². The summed E-state index contributed by atoms with van der Waals surface area (Å²) in [7, 11) is 2.93. The summed E-state index contributed by atoms with van der Waals surface area (Å²) in [6.07, 6.45) is 0. The summed E-state index contributed by atoms with van der Waals surface area (Å²) in [4.78, 5) is 14.7. The van der Waals surface area contributed by atoms with Crippen LogP contribution in [0.25, 0.3) is 10.9 Å². The van der Waals surface area contributed by atoms with Gasteiger partial charge in [-0.3, -0.25) is 9.36 Å². The summed E-state index contributed by atoms with van der Waals surface area (Å²) in [6, 6.07) is 2.36. The number of benzene rings is 1. The molecule has 0 radical (unpaired) electrons. The molecule has 0 aliphatic rings. The molecule has 0 saturated heterocycles. The number of methoxy groups -OCH3 is 1. The third-order valence-corrected chi connectivity index (χ3v) is 2.73. The lowest BCUT2D eigenvalue weighted by Gasteiger charge is -2.07. The Labute approximate surface area is 95.3 Å². The van der Waals surface area contributed by atoms with Gasteiger partial charge in [-0.15, -0.1) is 0 Å². The zero-order valence-electron chi connectivity index (χ0n) is 8.70. The molecule has 0 unspecified atom stereocenters. The fourth-order valence-electron chi connectivity index (χ4n) is 1.50. The predicted molar refractivity (Wildman–Crippen MR) is 60.9 cm³/mol. The number of aromatic nitrogens is 2. The van der Waals surface area contributed by atoms with Gasteiger partial charge in [-0.2, -0.15) is 0 Å². The number of ether oxygens (including phenoxy) is 1. The SMILES string of the molecule is COc1cc(F)cc2c(=O)n(C)c(=S)[nH]c12. The van der Waals surface area contributed by atoms with Crippen LogP contribution in [0, 0.1) is 10.6 Å². The first-order chi connectivity index (χ1) is 7.54. The number of aromatic amines is 1. The highest BCUT2D eigenvalue weighted by molar-refractivity contribution is 7.71.